The Hall–Kier alpha value is -0.530. The predicted molar refractivity (Wildman–Crippen MR) is 72.2 cm³/mol. The van der Waals surface area contributed by atoms with Gasteiger partial charge in [0.15, 0.2) is 0 Å². The van der Waals surface area contributed by atoms with Crippen LogP contribution in [0.1, 0.15) is 42.0 Å². The van der Waals surface area contributed by atoms with E-state index in [9.17, 15) is 0 Å². The van der Waals surface area contributed by atoms with Crippen LogP contribution in [-0.2, 0) is 0 Å². The minimum Gasteiger partial charge on any atom is -0.324 e. The molecule has 0 aromatic heterocycles. The Labute approximate surface area is 108 Å². The second-order valence-corrected chi connectivity index (χ2v) is 6.23. The molecule has 0 heterocycles. The molecule has 3 rings (SSSR count). The topological polar surface area (TPSA) is 26.0 Å². The van der Waals surface area contributed by atoms with E-state index in [2.05, 4.69) is 26.0 Å². The molecule has 2 saturated carbocycles. The van der Waals surface area contributed by atoms with E-state index in [0.29, 0.717) is 5.92 Å². The van der Waals surface area contributed by atoms with Gasteiger partial charge in [0.1, 0.15) is 0 Å². The van der Waals surface area contributed by atoms with E-state index in [0.717, 1.165) is 22.4 Å². The summed E-state index contributed by atoms with van der Waals surface area (Å²) in [6.45, 7) is 4.23. The molecule has 3 unspecified atom stereocenters. The van der Waals surface area contributed by atoms with Gasteiger partial charge in [-0.05, 0) is 67.2 Å². The lowest BCUT2D eigenvalue weighted by Gasteiger charge is -2.17. The summed E-state index contributed by atoms with van der Waals surface area (Å²) in [6.07, 6.45) is 4.16. The summed E-state index contributed by atoms with van der Waals surface area (Å²) in [6, 6.07) is 4.40. The first-order chi connectivity index (χ1) is 8.09. The molecule has 17 heavy (non-hydrogen) atoms. The molecule has 2 heteroatoms. The van der Waals surface area contributed by atoms with E-state index in [1.807, 2.05) is 0 Å². The molecule has 0 aliphatic heterocycles. The lowest BCUT2D eigenvalue weighted by Crippen LogP contribution is -2.16. The highest BCUT2D eigenvalue weighted by Crippen LogP contribution is 2.61. The van der Waals surface area contributed by atoms with Gasteiger partial charge in [-0.1, -0.05) is 24.1 Å². The summed E-state index contributed by atoms with van der Waals surface area (Å²) in [5.74, 6) is 2.48. The molecule has 0 radical (unpaired) electrons. The highest BCUT2D eigenvalue weighted by atomic mass is 35.5. The van der Waals surface area contributed by atoms with Crippen molar-refractivity contribution in [1.82, 2.24) is 0 Å². The van der Waals surface area contributed by atoms with Crippen molar-refractivity contribution < 1.29 is 0 Å². The van der Waals surface area contributed by atoms with Crippen LogP contribution in [0.2, 0.25) is 5.02 Å². The first-order valence-corrected chi connectivity index (χ1v) is 6.99. The first-order valence-electron chi connectivity index (χ1n) is 6.62. The van der Waals surface area contributed by atoms with Crippen molar-refractivity contribution in [2.75, 3.05) is 0 Å². The maximum atomic E-state index is 6.43. The predicted octanol–water partition coefficient (Wildman–Crippen LogP) is 4.00. The molecule has 2 aliphatic rings. The van der Waals surface area contributed by atoms with Gasteiger partial charge in [-0.2, -0.15) is 0 Å². The first kappa shape index (κ1) is 11.6. The van der Waals surface area contributed by atoms with Crippen LogP contribution in [0.15, 0.2) is 12.1 Å². The zero-order valence-corrected chi connectivity index (χ0v) is 11.3. The standard InChI is InChI=1S/C15H20ClN/c1-8-6-12(13(16)7-9(8)2)15(17)14-10-4-3-5-11(10)14/h6-7,10-11,14-15H,3-5,17H2,1-2H3. The Morgan fingerprint density at radius 2 is 1.76 bits per heavy atom. The number of hydrogen-bond donors (Lipinski definition) is 1. The Bertz CT molecular complexity index is 444. The zero-order valence-electron chi connectivity index (χ0n) is 10.5. The highest BCUT2D eigenvalue weighted by Gasteiger charge is 2.55. The minimum absolute atomic E-state index is 0.150. The molecule has 0 saturated heterocycles. The lowest BCUT2D eigenvalue weighted by molar-refractivity contribution is 0.502. The SMILES string of the molecule is Cc1cc(Cl)c(C(N)C2C3CCCC32)cc1C. The van der Waals surface area contributed by atoms with Crippen molar-refractivity contribution in [3.05, 3.63) is 33.8 Å². The van der Waals surface area contributed by atoms with Crippen molar-refractivity contribution >= 4 is 11.6 Å². The fourth-order valence-electron chi connectivity index (χ4n) is 3.68. The maximum Gasteiger partial charge on any atom is 0.0456 e. The van der Waals surface area contributed by atoms with Crippen LogP contribution >= 0.6 is 11.6 Å². The maximum absolute atomic E-state index is 6.43. The van der Waals surface area contributed by atoms with Gasteiger partial charge in [0.25, 0.3) is 0 Å². The molecular formula is C15H20ClN. The van der Waals surface area contributed by atoms with Crippen LogP contribution in [0.25, 0.3) is 0 Å². The molecule has 92 valence electrons. The van der Waals surface area contributed by atoms with E-state index in [1.165, 1.54) is 30.4 Å². The number of fused-ring (bicyclic) bond motifs is 1. The molecule has 2 aliphatic carbocycles. The Kier molecular flexibility index (Phi) is 2.72. The van der Waals surface area contributed by atoms with Crippen LogP contribution < -0.4 is 5.73 Å². The number of hydrogen-bond acceptors (Lipinski definition) is 1. The van der Waals surface area contributed by atoms with E-state index in [4.69, 9.17) is 17.3 Å². The van der Waals surface area contributed by atoms with Gasteiger partial charge in [0.2, 0.25) is 0 Å². The molecule has 1 aromatic carbocycles. The molecule has 1 nitrogen and oxygen atoms in total. The van der Waals surface area contributed by atoms with Crippen molar-refractivity contribution in [2.45, 2.75) is 39.2 Å². The molecule has 1 aromatic rings. The zero-order chi connectivity index (χ0) is 12.2. The number of rotatable bonds is 2. The lowest BCUT2D eigenvalue weighted by atomic mass is 9.95. The van der Waals surface area contributed by atoms with E-state index in [-0.39, 0.29) is 6.04 Å². The number of halogens is 1. The fourth-order valence-corrected chi connectivity index (χ4v) is 4.02. The molecular weight excluding hydrogens is 230 g/mol. The summed E-state index contributed by atoms with van der Waals surface area (Å²) in [4.78, 5) is 0. The Morgan fingerprint density at radius 3 is 2.41 bits per heavy atom. The van der Waals surface area contributed by atoms with Gasteiger partial charge >= 0.3 is 0 Å². The highest BCUT2D eigenvalue weighted by molar-refractivity contribution is 6.31. The smallest absolute Gasteiger partial charge is 0.0456 e. The van der Waals surface area contributed by atoms with Crippen molar-refractivity contribution in [1.29, 1.82) is 0 Å². The number of aryl methyl sites for hydroxylation is 2. The molecule has 2 N–H and O–H groups in total. The summed E-state index contributed by atoms with van der Waals surface area (Å²) in [7, 11) is 0. The normalized spacial score (nSPS) is 32.4. The molecule has 0 amide bonds. The van der Waals surface area contributed by atoms with Gasteiger partial charge in [0, 0.05) is 11.1 Å². The summed E-state index contributed by atoms with van der Waals surface area (Å²) >= 11 is 6.34. The monoisotopic (exact) mass is 249 g/mol. The largest absolute Gasteiger partial charge is 0.324 e. The van der Waals surface area contributed by atoms with Crippen molar-refractivity contribution in [3.63, 3.8) is 0 Å². The minimum atomic E-state index is 0.150. The van der Waals surface area contributed by atoms with Gasteiger partial charge < -0.3 is 5.73 Å². The van der Waals surface area contributed by atoms with Crippen LogP contribution in [-0.4, -0.2) is 0 Å². The van der Waals surface area contributed by atoms with E-state index in [1.54, 1.807) is 0 Å². The van der Waals surface area contributed by atoms with Crippen LogP contribution in [0, 0.1) is 31.6 Å². The Balaban J connectivity index is 1.87. The van der Waals surface area contributed by atoms with E-state index < -0.39 is 0 Å². The van der Waals surface area contributed by atoms with Crippen molar-refractivity contribution in [3.8, 4) is 0 Å². The molecule has 0 bridgehead atoms. The van der Waals surface area contributed by atoms with Crippen LogP contribution in [0.5, 0.6) is 0 Å². The third kappa shape index (κ3) is 1.80. The third-order valence-corrected chi connectivity index (χ3v) is 5.19. The Morgan fingerprint density at radius 1 is 1.18 bits per heavy atom. The number of benzene rings is 1. The molecule has 3 atom stereocenters. The summed E-state index contributed by atoms with van der Waals surface area (Å²) in [5.41, 5.74) is 10.1. The number of nitrogens with two attached hydrogens (primary N) is 1. The second-order valence-electron chi connectivity index (χ2n) is 5.82. The van der Waals surface area contributed by atoms with Gasteiger partial charge in [-0.15, -0.1) is 0 Å². The van der Waals surface area contributed by atoms with Gasteiger partial charge in [-0.3, -0.25) is 0 Å². The average molecular weight is 250 g/mol. The summed E-state index contributed by atoms with van der Waals surface area (Å²) in [5, 5.41) is 0.852. The third-order valence-electron chi connectivity index (χ3n) is 4.86. The van der Waals surface area contributed by atoms with Gasteiger partial charge in [0.05, 0.1) is 0 Å². The van der Waals surface area contributed by atoms with E-state index >= 15 is 0 Å². The summed E-state index contributed by atoms with van der Waals surface area (Å²) < 4.78 is 0. The quantitative estimate of drug-likeness (QED) is 0.842. The second kappa shape index (κ2) is 4.00. The fraction of sp³-hybridized carbons (Fsp3) is 0.600. The molecule has 2 fully saturated rings. The van der Waals surface area contributed by atoms with Crippen LogP contribution in [0.3, 0.4) is 0 Å². The van der Waals surface area contributed by atoms with Gasteiger partial charge in [-0.25, -0.2) is 0 Å². The van der Waals surface area contributed by atoms with Crippen molar-refractivity contribution in [2.24, 2.45) is 23.5 Å². The average Bonchev–Trinajstić information content (AvgIpc) is 2.76. The molecule has 0 spiro atoms. The van der Waals surface area contributed by atoms with Crippen LogP contribution in [0.4, 0.5) is 0 Å².